The van der Waals surface area contributed by atoms with Crippen LogP contribution >= 0.6 is 11.6 Å². The van der Waals surface area contributed by atoms with Gasteiger partial charge < -0.3 is 15.0 Å². The van der Waals surface area contributed by atoms with E-state index in [1.807, 2.05) is 32.0 Å². The third-order valence-electron chi connectivity index (χ3n) is 2.66. The van der Waals surface area contributed by atoms with Crippen molar-refractivity contribution in [3.05, 3.63) is 28.8 Å². The molecular formula is C15H25ClN2O. The van der Waals surface area contributed by atoms with Gasteiger partial charge in [-0.2, -0.15) is 0 Å². The van der Waals surface area contributed by atoms with E-state index in [0.29, 0.717) is 0 Å². The molecule has 0 fully saturated rings. The van der Waals surface area contributed by atoms with Crippen LogP contribution in [-0.4, -0.2) is 38.2 Å². The first-order valence-corrected chi connectivity index (χ1v) is 7.17. The Labute approximate surface area is 121 Å². The molecule has 19 heavy (non-hydrogen) atoms. The fourth-order valence-corrected chi connectivity index (χ4v) is 1.99. The zero-order valence-corrected chi connectivity index (χ0v) is 13.1. The molecule has 0 radical (unpaired) electrons. The van der Waals surface area contributed by atoms with Crippen LogP contribution in [0.25, 0.3) is 0 Å². The molecule has 1 aromatic rings. The number of hydrogen-bond acceptors (Lipinski definition) is 3. The molecule has 1 N–H and O–H groups in total. The Hall–Kier alpha value is -0.770. The first-order valence-electron chi connectivity index (χ1n) is 6.79. The van der Waals surface area contributed by atoms with Crippen LogP contribution in [0, 0.1) is 0 Å². The first kappa shape index (κ1) is 16.3. The van der Waals surface area contributed by atoms with Crippen LogP contribution in [0.2, 0.25) is 5.02 Å². The normalized spacial score (nSPS) is 11.3. The Balaban J connectivity index is 2.48. The molecule has 0 atom stereocenters. The second-order valence-electron chi connectivity index (χ2n) is 5.25. The van der Waals surface area contributed by atoms with Crippen molar-refractivity contribution >= 4 is 11.6 Å². The van der Waals surface area contributed by atoms with E-state index >= 15 is 0 Å². The van der Waals surface area contributed by atoms with Crippen LogP contribution in [0.5, 0.6) is 5.75 Å². The van der Waals surface area contributed by atoms with Gasteiger partial charge in [0.1, 0.15) is 5.75 Å². The Morgan fingerprint density at radius 3 is 2.68 bits per heavy atom. The van der Waals surface area contributed by atoms with E-state index < -0.39 is 0 Å². The summed E-state index contributed by atoms with van der Waals surface area (Å²) in [5, 5.41) is 4.18. The number of rotatable bonds is 8. The zero-order chi connectivity index (χ0) is 14.3. The fraction of sp³-hybridized carbons (Fsp3) is 0.600. The number of benzene rings is 1. The van der Waals surface area contributed by atoms with E-state index in [1.54, 1.807) is 0 Å². The maximum Gasteiger partial charge on any atom is 0.124 e. The van der Waals surface area contributed by atoms with Crippen molar-refractivity contribution < 1.29 is 4.74 Å². The van der Waals surface area contributed by atoms with Crippen molar-refractivity contribution in [1.29, 1.82) is 0 Å². The summed E-state index contributed by atoms with van der Waals surface area (Å²) in [6.45, 7) is 6.94. The van der Waals surface area contributed by atoms with Crippen LogP contribution in [0.15, 0.2) is 18.2 Å². The molecule has 0 aliphatic rings. The largest absolute Gasteiger partial charge is 0.491 e. The van der Waals surface area contributed by atoms with Gasteiger partial charge in [-0.3, -0.25) is 0 Å². The zero-order valence-electron chi connectivity index (χ0n) is 12.4. The van der Waals surface area contributed by atoms with E-state index in [2.05, 4.69) is 24.3 Å². The van der Waals surface area contributed by atoms with Crippen molar-refractivity contribution in [2.75, 3.05) is 27.2 Å². The predicted molar refractivity (Wildman–Crippen MR) is 82.1 cm³/mol. The van der Waals surface area contributed by atoms with Gasteiger partial charge >= 0.3 is 0 Å². The van der Waals surface area contributed by atoms with Gasteiger partial charge in [0.2, 0.25) is 0 Å². The Morgan fingerprint density at radius 1 is 1.32 bits per heavy atom. The smallest absolute Gasteiger partial charge is 0.124 e. The highest BCUT2D eigenvalue weighted by atomic mass is 35.5. The molecule has 0 aromatic heterocycles. The van der Waals surface area contributed by atoms with Crippen LogP contribution in [0.3, 0.4) is 0 Å². The SMILES string of the molecule is CC(C)Oc1ccc(Cl)cc1CNCCCN(C)C. The third kappa shape index (κ3) is 6.81. The van der Waals surface area contributed by atoms with Gasteiger partial charge in [0.05, 0.1) is 6.10 Å². The molecule has 0 unspecified atom stereocenters. The van der Waals surface area contributed by atoms with Gasteiger partial charge in [0.15, 0.2) is 0 Å². The number of nitrogens with one attached hydrogen (secondary N) is 1. The quantitative estimate of drug-likeness (QED) is 0.742. The summed E-state index contributed by atoms with van der Waals surface area (Å²) in [6.07, 6.45) is 1.31. The third-order valence-corrected chi connectivity index (χ3v) is 2.89. The molecule has 4 heteroatoms. The second kappa shape index (κ2) is 8.41. The Kier molecular flexibility index (Phi) is 7.21. The topological polar surface area (TPSA) is 24.5 Å². The van der Waals surface area contributed by atoms with Crippen LogP contribution in [0.1, 0.15) is 25.8 Å². The molecule has 108 valence electrons. The molecule has 3 nitrogen and oxygen atoms in total. The van der Waals surface area contributed by atoms with Crippen molar-refractivity contribution in [3.8, 4) is 5.75 Å². The first-order chi connectivity index (χ1) is 8.99. The van der Waals surface area contributed by atoms with Gasteiger partial charge in [0.25, 0.3) is 0 Å². The van der Waals surface area contributed by atoms with Crippen molar-refractivity contribution in [3.63, 3.8) is 0 Å². The lowest BCUT2D eigenvalue weighted by Crippen LogP contribution is -2.21. The fourth-order valence-electron chi connectivity index (χ4n) is 1.80. The molecule has 0 spiro atoms. The molecule has 0 saturated heterocycles. The summed E-state index contributed by atoms with van der Waals surface area (Å²) in [7, 11) is 4.18. The second-order valence-corrected chi connectivity index (χ2v) is 5.69. The number of ether oxygens (including phenoxy) is 1. The number of halogens is 1. The maximum absolute atomic E-state index is 6.05. The molecule has 1 aromatic carbocycles. The summed E-state index contributed by atoms with van der Waals surface area (Å²) >= 11 is 6.05. The summed E-state index contributed by atoms with van der Waals surface area (Å²) in [5.41, 5.74) is 1.12. The van der Waals surface area contributed by atoms with E-state index in [1.165, 1.54) is 0 Å². The Morgan fingerprint density at radius 2 is 2.05 bits per heavy atom. The minimum Gasteiger partial charge on any atom is -0.491 e. The van der Waals surface area contributed by atoms with Crippen LogP contribution in [0.4, 0.5) is 0 Å². The van der Waals surface area contributed by atoms with E-state index in [9.17, 15) is 0 Å². The molecular weight excluding hydrogens is 260 g/mol. The van der Waals surface area contributed by atoms with E-state index in [0.717, 1.165) is 42.4 Å². The monoisotopic (exact) mass is 284 g/mol. The molecule has 1 rings (SSSR count). The molecule has 0 aliphatic heterocycles. The van der Waals surface area contributed by atoms with Gasteiger partial charge in [0, 0.05) is 17.1 Å². The molecule has 0 bridgehead atoms. The van der Waals surface area contributed by atoms with E-state index in [4.69, 9.17) is 16.3 Å². The van der Waals surface area contributed by atoms with Gasteiger partial charge in [-0.15, -0.1) is 0 Å². The number of nitrogens with zero attached hydrogens (tertiary/aromatic N) is 1. The summed E-state index contributed by atoms with van der Waals surface area (Å²) in [6, 6.07) is 5.78. The highest BCUT2D eigenvalue weighted by Crippen LogP contribution is 2.23. The van der Waals surface area contributed by atoms with Crippen LogP contribution < -0.4 is 10.1 Å². The standard InChI is InChI=1S/C15H25ClN2O/c1-12(2)19-15-7-6-14(16)10-13(15)11-17-8-5-9-18(3)4/h6-7,10,12,17H,5,8-9,11H2,1-4H3. The number of hydrogen-bond donors (Lipinski definition) is 1. The van der Waals surface area contributed by atoms with Gasteiger partial charge in [-0.25, -0.2) is 0 Å². The van der Waals surface area contributed by atoms with E-state index in [-0.39, 0.29) is 6.10 Å². The van der Waals surface area contributed by atoms with Crippen molar-refractivity contribution in [2.45, 2.75) is 32.9 Å². The maximum atomic E-state index is 6.05. The molecule has 0 saturated carbocycles. The van der Waals surface area contributed by atoms with Crippen molar-refractivity contribution in [2.24, 2.45) is 0 Å². The summed E-state index contributed by atoms with van der Waals surface area (Å²) in [4.78, 5) is 2.19. The van der Waals surface area contributed by atoms with Gasteiger partial charge in [-0.1, -0.05) is 11.6 Å². The summed E-state index contributed by atoms with van der Waals surface area (Å²) < 4.78 is 5.79. The lowest BCUT2D eigenvalue weighted by molar-refractivity contribution is 0.239. The van der Waals surface area contributed by atoms with Crippen molar-refractivity contribution in [1.82, 2.24) is 10.2 Å². The molecule has 0 heterocycles. The lowest BCUT2D eigenvalue weighted by atomic mass is 10.2. The highest BCUT2D eigenvalue weighted by molar-refractivity contribution is 6.30. The van der Waals surface area contributed by atoms with Crippen LogP contribution in [-0.2, 0) is 6.54 Å². The minimum absolute atomic E-state index is 0.175. The highest BCUT2D eigenvalue weighted by Gasteiger charge is 2.06. The predicted octanol–water partition coefficient (Wildman–Crippen LogP) is 3.17. The minimum atomic E-state index is 0.175. The summed E-state index contributed by atoms with van der Waals surface area (Å²) in [5.74, 6) is 0.916. The molecule has 0 aliphatic carbocycles. The lowest BCUT2D eigenvalue weighted by Gasteiger charge is -2.15. The average Bonchev–Trinajstić information content (AvgIpc) is 2.31. The Bertz CT molecular complexity index is 380. The van der Waals surface area contributed by atoms with Gasteiger partial charge in [-0.05, 0) is 65.7 Å². The average molecular weight is 285 g/mol. The molecule has 0 amide bonds.